The van der Waals surface area contributed by atoms with Gasteiger partial charge in [0.15, 0.2) is 5.16 Å². The fourth-order valence-corrected chi connectivity index (χ4v) is 6.14. The van der Waals surface area contributed by atoms with Crippen LogP contribution in [0.3, 0.4) is 0 Å². The Labute approximate surface area is 168 Å². The highest BCUT2D eigenvalue weighted by Crippen LogP contribution is 2.37. The van der Waals surface area contributed by atoms with Gasteiger partial charge in [-0.3, -0.25) is 14.2 Å². The van der Waals surface area contributed by atoms with Gasteiger partial charge in [0.05, 0.1) is 17.7 Å². The van der Waals surface area contributed by atoms with E-state index in [1.165, 1.54) is 16.6 Å². The van der Waals surface area contributed by atoms with Crippen LogP contribution < -0.4 is 5.56 Å². The Morgan fingerprint density at radius 1 is 1.22 bits per heavy atom. The minimum Gasteiger partial charge on any atom is -0.465 e. The summed E-state index contributed by atoms with van der Waals surface area (Å²) in [6.07, 6.45) is 3.64. The molecule has 138 valence electrons. The van der Waals surface area contributed by atoms with Gasteiger partial charge < -0.3 is 4.74 Å². The predicted octanol–water partition coefficient (Wildman–Crippen LogP) is 4.00. The Morgan fingerprint density at radius 3 is 2.78 bits per heavy atom. The number of thioether (sulfide) groups is 1. The van der Waals surface area contributed by atoms with Crippen LogP contribution >= 0.6 is 34.7 Å². The number of halogens is 1. The zero-order valence-electron chi connectivity index (χ0n) is 14.2. The number of benzene rings is 1. The van der Waals surface area contributed by atoms with E-state index in [2.05, 4.69) is 0 Å². The van der Waals surface area contributed by atoms with Crippen molar-refractivity contribution >= 4 is 50.9 Å². The molecular formula is C19H15ClN2O3S2. The molecule has 0 unspecified atom stereocenters. The lowest BCUT2D eigenvalue weighted by Crippen LogP contribution is -2.23. The Kier molecular flexibility index (Phi) is 4.26. The van der Waals surface area contributed by atoms with E-state index in [0.717, 1.165) is 35.0 Å². The number of aryl methyl sites for hydroxylation is 2. The zero-order chi connectivity index (χ0) is 18.5. The zero-order valence-corrected chi connectivity index (χ0v) is 16.6. The van der Waals surface area contributed by atoms with Crippen LogP contribution in [0.15, 0.2) is 34.2 Å². The molecule has 1 aromatic carbocycles. The number of nitrogens with zero attached hydrogens (tertiary/aromatic N) is 2. The molecule has 1 atom stereocenters. The summed E-state index contributed by atoms with van der Waals surface area (Å²) >= 11 is 8.93. The molecule has 3 heterocycles. The minimum absolute atomic E-state index is 0.0735. The standard InChI is InChI=1S/C19H15ClN2O3S2/c20-10-4-6-11(7-5-10)22-17(23)15-12-2-1-3-13(12)26-16(15)21-19(22)27-14-8-9-25-18(14)24/h4-7,14H,1-3,8-9H2/t14-/m1/s1. The van der Waals surface area contributed by atoms with Gasteiger partial charge in [0.1, 0.15) is 10.1 Å². The first-order chi connectivity index (χ1) is 13.1. The molecule has 1 saturated heterocycles. The van der Waals surface area contributed by atoms with Crippen LogP contribution in [-0.2, 0) is 22.4 Å². The summed E-state index contributed by atoms with van der Waals surface area (Å²) in [6.45, 7) is 0.414. The van der Waals surface area contributed by atoms with Crippen molar-refractivity contribution < 1.29 is 9.53 Å². The number of ether oxygens (including phenoxy) is 1. The van der Waals surface area contributed by atoms with Gasteiger partial charge in [-0.15, -0.1) is 11.3 Å². The molecular weight excluding hydrogens is 404 g/mol. The second-order valence-electron chi connectivity index (χ2n) is 6.61. The van der Waals surface area contributed by atoms with Crippen LogP contribution in [0.25, 0.3) is 15.9 Å². The summed E-state index contributed by atoms with van der Waals surface area (Å²) < 4.78 is 6.69. The van der Waals surface area contributed by atoms with Gasteiger partial charge in [0.25, 0.3) is 5.56 Å². The van der Waals surface area contributed by atoms with Crippen molar-refractivity contribution in [3.63, 3.8) is 0 Å². The van der Waals surface area contributed by atoms with E-state index in [4.69, 9.17) is 21.3 Å². The Hall–Kier alpha value is -1.83. The quantitative estimate of drug-likeness (QED) is 0.475. The van der Waals surface area contributed by atoms with Crippen molar-refractivity contribution in [3.8, 4) is 5.69 Å². The highest BCUT2D eigenvalue weighted by Gasteiger charge is 2.31. The van der Waals surface area contributed by atoms with E-state index in [-0.39, 0.29) is 16.8 Å². The number of thiophene rings is 1. The number of hydrogen-bond acceptors (Lipinski definition) is 6. The predicted molar refractivity (Wildman–Crippen MR) is 107 cm³/mol. The third kappa shape index (κ3) is 2.88. The lowest BCUT2D eigenvalue weighted by atomic mass is 10.2. The smallest absolute Gasteiger partial charge is 0.319 e. The highest BCUT2D eigenvalue weighted by atomic mass is 35.5. The van der Waals surface area contributed by atoms with Gasteiger partial charge in [-0.1, -0.05) is 23.4 Å². The number of carbonyl (C=O) groups excluding carboxylic acids is 1. The average molecular weight is 419 g/mol. The van der Waals surface area contributed by atoms with E-state index in [1.807, 2.05) is 0 Å². The summed E-state index contributed by atoms with van der Waals surface area (Å²) in [4.78, 5) is 32.3. The summed E-state index contributed by atoms with van der Waals surface area (Å²) in [5.41, 5.74) is 1.77. The number of fused-ring (bicyclic) bond motifs is 3. The second kappa shape index (κ2) is 6.65. The molecule has 0 radical (unpaired) electrons. The molecule has 2 aliphatic rings. The average Bonchev–Trinajstić information content (AvgIpc) is 3.33. The molecule has 0 amide bonds. The van der Waals surface area contributed by atoms with E-state index >= 15 is 0 Å². The van der Waals surface area contributed by atoms with Crippen molar-refractivity contribution in [2.45, 2.75) is 36.1 Å². The van der Waals surface area contributed by atoms with Gasteiger partial charge >= 0.3 is 5.97 Å². The molecule has 1 aliphatic carbocycles. The van der Waals surface area contributed by atoms with E-state index in [1.54, 1.807) is 40.2 Å². The fraction of sp³-hybridized carbons (Fsp3) is 0.316. The monoisotopic (exact) mass is 418 g/mol. The fourth-order valence-electron chi connectivity index (χ4n) is 3.63. The number of esters is 1. The largest absolute Gasteiger partial charge is 0.465 e. The first kappa shape index (κ1) is 17.3. The maximum atomic E-state index is 13.5. The maximum Gasteiger partial charge on any atom is 0.319 e. The second-order valence-corrected chi connectivity index (χ2v) is 9.30. The van der Waals surface area contributed by atoms with Crippen LogP contribution in [0.1, 0.15) is 23.3 Å². The number of rotatable bonds is 3. The molecule has 8 heteroatoms. The summed E-state index contributed by atoms with van der Waals surface area (Å²) in [7, 11) is 0. The van der Waals surface area contributed by atoms with Crippen LogP contribution in [0.5, 0.6) is 0 Å². The van der Waals surface area contributed by atoms with Crippen molar-refractivity contribution in [3.05, 3.63) is 50.1 Å². The molecule has 0 saturated carbocycles. The number of cyclic esters (lactones) is 1. The first-order valence-electron chi connectivity index (χ1n) is 8.78. The highest BCUT2D eigenvalue weighted by molar-refractivity contribution is 8.00. The SMILES string of the molecule is O=C1OCC[C@H]1Sc1nc2sc3c(c2c(=O)n1-c1ccc(Cl)cc1)CCC3. The number of aromatic nitrogens is 2. The molecule has 0 spiro atoms. The van der Waals surface area contributed by atoms with E-state index in [9.17, 15) is 9.59 Å². The molecule has 2 aromatic heterocycles. The van der Waals surface area contributed by atoms with E-state index in [0.29, 0.717) is 28.9 Å². The molecule has 3 aromatic rings. The van der Waals surface area contributed by atoms with Gasteiger partial charge in [0.2, 0.25) is 0 Å². The minimum atomic E-state index is -0.334. The molecule has 5 rings (SSSR count). The van der Waals surface area contributed by atoms with Gasteiger partial charge in [0, 0.05) is 16.3 Å². The third-order valence-electron chi connectivity index (χ3n) is 4.93. The van der Waals surface area contributed by atoms with Crippen molar-refractivity contribution in [2.75, 3.05) is 6.61 Å². The number of hydrogen-bond donors (Lipinski definition) is 0. The summed E-state index contributed by atoms with van der Waals surface area (Å²) in [5.74, 6) is -0.245. The van der Waals surface area contributed by atoms with E-state index < -0.39 is 0 Å². The molecule has 0 bridgehead atoms. The lowest BCUT2D eigenvalue weighted by molar-refractivity contribution is -0.137. The Balaban J connectivity index is 1.73. The van der Waals surface area contributed by atoms with Crippen LogP contribution in [0.2, 0.25) is 5.02 Å². The molecule has 0 N–H and O–H groups in total. The molecule has 5 nitrogen and oxygen atoms in total. The van der Waals surface area contributed by atoms with Crippen LogP contribution in [0, 0.1) is 0 Å². The van der Waals surface area contributed by atoms with Gasteiger partial charge in [-0.05, 0) is 49.1 Å². The molecule has 1 aliphatic heterocycles. The van der Waals surface area contributed by atoms with Crippen molar-refractivity contribution in [1.82, 2.24) is 9.55 Å². The summed E-state index contributed by atoms with van der Waals surface area (Å²) in [5, 5.41) is 1.52. The third-order valence-corrected chi connectivity index (χ3v) is 7.56. The lowest BCUT2D eigenvalue weighted by Gasteiger charge is -2.14. The van der Waals surface area contributed by atoms with Crippen LogP contribution in [0.4, 0.5) is 0 Å². The van der Waals surface area contributed by atoms with Crippen molar-refractivity contribution in [1.29, 1.82) is 0 Å². The van der Waals surface area contributed by atoms with Crippen molar-refractivity contribution in [2.24, 2.45) is 0 Å². The summed E-state index contributed by atoms with van der Waals surface area (Å²) in [6, 6.07) is 7.12. The maximum absolute atomic E-state index is 13.5. The Morgan fingerprint density at radius 2 is 2.04 bits per heavy atom. The Bertz CT molecular complexity index is 1120. The van der Waals surface area contributed by atoms with Gasteiger partial charge in [-0.25, -0.2) is 4.98 Å². The topological polar surface area (TPSA) is 61.2 Å². The normalized spacial score (nSPS) is 18.9. The van der Waals surface area contributed by atoms with Crippen LogP contribution in [-0.4, -0.2) is 27.4 Å². The van der Waals surface area contributed by atoms with Gasteiger partial charge in [-0.2, -0.15) is 0 Å². The first-order valence-corrected chi connectivity index (χ1v) is 10.9. The number of carbonyl (C=O) groups is 1. The molecule has 1 fully saturated rings. The molecule has 27 heavy (non-hydrogen) atoms.